The number of imidazole rings is 1. The molecular weight excluding hydrogens is 258 g/mol. The van der Waals surface area contributed by atoms with Gasteiger partial charge < -0.3 is 10.8 Å². The fraction of sp³-hybridized carbons (Fsp3) is 0.214. The van der Waals surface area contributed by atoms with Gasteiger partial charge in [-0.05, 0) is 5.56 Å². The topological polar surface area (TPSA) is 98.2 Å². The third-order valence-electron chi connectivity index (χ3n) is 2.87. The van der Waals surface area contributed by atoms with Crippen molar-refractivity contribution >= 4 is 11.9 Å². The molecule has 0 aliphatic rings. The summed E-state index contributed by atoms with van der Waals surface area (Å²) >= 11 is 0. The van der Waals surface area contributed by atoms with Crippen LogP contribution in [0.2, 0.25) is 0 Å². The lowest BCUT2D eigenvalue weighted by molar-refractivity contribution is -0.138. The van der Waals surface area contributed by atoms with Gasteiger partial charge in [-0.25, -0.2) is 4.98 Å². The highest BCUT2D eigenvalue weighted by molar-refractivity contribution is 5.81. The van der Waals surface area contributed by atoms with Crippen LogP contribution in [0.4, 0.5) is 0 Å². The predicted molar refractivity (Wildman–Crippen MR) is 72.3 cm³/mol. The highest BCUT2D eigenvalue weighted by atomic mass is 16.4. The molecule has 1 atom stereocenters. The number of hydrogen-bond donors (Lipinski definition) is 2. The lowest BCUT2D eigenvalue weighted by atomic mass is 10.1. The fourth-order valence-corrected chi connectivity index (χ4v) is 1.78. The molecule has 0 bridgehead atoms. The van der Waals surface area contributed by atoms with Crippen LogP contribution in [-0.2, 0) is 17.6 Å². The average Bonchev–Trinajstić information content (AvgIpc) is 2.88. The first-order chi connectivity index (χ1) is 9.56. The van der Waals surface area contributed by atoms with Crippen molar-refractivity contribution in [2.75, 3.05) is 0 Å². The molecule has 0 saturated carbocycles. The van der Waals surface area contributed by atoms with Crippen LogP contribution < -0.4 is 5.73 Å². The molecule has 0 saturated heterocycles. The van der Waals surface area contributed by atoms with Gasteiger partial charge in [-0.15, -0.1) is 0 Å². The first-order valence-electron chi connectivity index (χ1n) is 6.14. The second-order valence-corrected chi connectivity index (χ2v) is 4.48. The van der Waals surface area contributed by atoms with Gasteiger partial charge in [0.25, 0.3) is 0 Å². The van der Waals surface area contributed by atoms with E-state index in [1.807, 2.05) is 30.3 Å². The Morgan fingerprint density at radius 2 is 2.00 bits per heavy atom. The predicted octanol–water partition coefficient (Wildman–Crippen LogP) is 0.720. The van der Waals surface area contributed by atoms with Gasteiger partial charge >= 0.3 is 5.97 Å². The Labute approximate surface area is 115 Å². The quantitative estimate of drug-likeness (QED) is 0.836. The molecule has 0 aliphatic carbocycles. The molecule has 2 aromatic rings. The molecule has 104 valence electrons. The number of aromatic nitrogens is 2. The molecule has 1 heterocycles. The largest absolute Gasteiger partial charge is 0.480 e. The summed E-state index contributed by atoms with van der Waals surface area (Å²) < 4.78 is 1.36. The van der Waals surface area contributed by atoms with Crippen LogP contribution >= 0.6 is 0 Å². The van der Waals surface area contributed by atoms with Crippen molar-refractivity contribution in [1.82, 2.24) is 9.55 Å². The third kappa shape index (κ3) is 3.52. The Hall–Kier alpha value is -2.47. The Balaban J connectivity index is 2.01. The molecule has 0 aliphatic heterocycles. The van der Waals surface area contributed by atoms with Crippen LogP contribution in [0.15, 0.2) is 42.9 Å². The number of carboxylic acids is 1. The van der Waals surface area contributed by atoms with Gasteiger partial charge in [0.05, 0.1) is 12.1 Å². The van der Waals surface area contributed by atoms with Gasteiger partial charge in [0.15, 0.2) is 0 Å². The van der Waals surface area contributed by atoms with Gasteiger partial charge in [0.1, 0.15) is 12.4 Å². The number of carbonyl (C=O) groups excluding carboxylic acids is 1. The van der Waals surface area contributed by atoms with Crippen molar-refractivity contribution in [1.29, 1.82) is 0 Å². The molecule has 1 aromatic heterocycles. The molecule has 0 spiro atoms. The van der Waals surface area contributed by atoms with Crippen molar-refractivity contribution in [2.45, 2.75) is 18.9 Å². The summed E-state index contributed by atoms with van der Waals surface area (Å²) in [7, 11) is 0. The maximum Gasteiger partial charge on any atom is 0.320 e. The van der Waals surface area contributed by atoms with Crippen molar-refractivity contribution in [3.63, 3.8) is 0 Å². The number of carboxylic acid groups (broad SMARTS) is 1. The van der Waals surface area contributed by atoms with Gasteiger partial charge in [-0.1, -0.05) is 30.3 Å². The molecule has 0 fully saturated rings. The maximum absolute atomic E-state index is 12.0. The molecule has 6 heteroatoms. The number of rotatable bonds is 5. The minimum absolute atomic E-state index is 0.0982. The highest BCUT2D eigenvalue weighted by Crippen LogP contribution is 2.05. The summed E-state index contributed by atoms with van der Waals surface area (Å²) in [5, 5.41) is 8.73. The van der Waals surface area contributed by atoms with E-state index >= 15 is 0 Å². The average molecular weight is 273 g/mol. The normalized spacial score (nSPS) is 12.1. The zero-order chi connectivity index (χ0) is 14.5. The molecule has 6 nitrogen and oxygen atoms in total. The summed E-state index contributed by atoms with van der Waals surface area (Å²) in [4.78, 5) is 26.7. The van der Waals surface area contributed by atoms with Crippen LogP contribution in [0.25, 0.3) is 0 Å². The zero-order valence-corrected chi connectivity index (χ0v) is 10.8. The van der Waals surface area contributed by atoms with Crippen molar-refractivity contribution in [3.05, 3.63) is 54.1 Å². The molecular formula is C14H15N3O3. The zero-order valence-electron chi connectivity index (χ0n) is 10.8. The molecule has 0 amide bonds. The molecule has 3 N–H and O–H groups in total. The maximum atomic E-state index is 12.0. The lowest BCUT2D eigenvalue weighted by Crippen LogP contribution is -2.32. The van der Waals surface area contributed by atoms with E-state index in [0.29, 0.717) is 5.69 Å². The van der Waals surface area contributed by atoms with Gasteiger partial charge in [-0.3, -0.25) is 14.2 Å². The van der Waals surface area contributed by atoms with Crippen LogP contribution in [0.1, 0.15) is 16.1 Å². The van der Waals surface area contributed by atoms with E-state index in [0.717, 1.165) is 5.56 Å². The Morgan fingerprint density at radius 3 is 2.65 bits per heavy atom. The molecule has 20 heavy (non-hydrogen) atoms. The van der Waals surface area contributed by atoms with Gasteiger partial charge in [0, 0.05) is 12.6 Å². The molecule has 0 radical (unpaired) electrons. The molecule has 1 aromatic carbocycles. The van der Waals surface area contributed by atoms with Gasteiger partial charge in [-0.2, -0.15) is 0 Å². The van der Waals surface area contributed by atoms with Crippen LogP contribution in [0, 0.1) is 0 Å². The Kier molecular flexibility index (Phi) is 4.27. The minimum Gasteiger partial charge on any atom is -0.480 e. The second-order valence-electron chi connectivity index (χ2n) is 4.48. The first-order valence-corrected chi connectivity index (χ1v) is 6.14. The number of nitrogens with zero attached hydrogens (tertiary/aromatic N) is 2. The SMILES string of the molecule is NC(Cc1cn(C(=O)Cc2ccccc2)cn1)C(=O)O. The van der Waals surface area contributed by atoms with Crippen molar-refractivity contribution in [3.8, 4) is 0 Å². The van der Waals surface area contributed by atoms with E-state index in [1.54, 1.807) is 0 Å². The van der Waals surface area contributed by atoms with Crippen LogP contribution in [-0.4, -0.2) is 32.6 Å². The lowest BCUT2D eigenvalue weighted by Gasteiger charge is -2.03. The van der Waals surface area contributed by atoms with Crippen molar-refractivity contribution < 1.29 is 14.7 Å². The summed E-state index contributed by atoms with van der Waals surface area (Å²) in [5.41, 5.74) is 6.82. The third-order valence-corrected chi connectivity index (χ3v) is 2.87. The standard InChI is InChI=1S/C14H15N3O3/c15-12(14(19)20)7-11-8-17(9-16-11)13(18)6-10-4-2-1-3-5-10/h1-5,8-9,12H,6-7,15H2,(H,19,20). The summed E-state index contributed by atoms with van der Waals surface area (Å²) in [6.45, 7) is 0. The molecule has 1 unspecified atom stereocenters. The number of carbonyl (C=O) groups is 2. The van der Waals surface area contributed by atoms with Crippen molar-refractivity contribution in [2.24, 2.45) is 5.73 Å². The monoisotopic (exact) mass is 273 g/mol. The van der Waals surface area contributed by atoms with E-state index in [1.165, 1.54) is 17.1 Å². The number of hydrogen-bond acceptors (Lipinski definition) is 4. The summed E-state index contributed by atoms with van der Waals surface area (Å²) in [6, 6.07) is 8.35. The number of aliphatic carboxylic acids is 1. The van der Waals surface area contributed by atoms with E-state index in [2.05, 4.69) is 4.98 Å². The van der Waals surface area contributed by atoms with E-state index in [-0.39, 0.29) is 18.7 Å². The second kappa shape index (κ2) is 6.12. The summed E-state index contributed by atoms with van der Waals surface area (Å²) in [5.74, 6) is -1.21. The minimum atomic E-state index is -1.09. The molecule has 2 rings (SSSR count). The van der Waals surface area contributed by atoms with Gasteiger partial charge in [0.2, 0.25) is 5.91 Å². The van der Waals surface area contributed by atoms with E-state index in [9.17, 15) is 9.59 Å². The fourth-order valence-electron chi connectivity index (χ4n) is 1.78. The van der Waals surface area contributed by atoms with E-state index in [4.69, 9.17) is 10.8 Å². The smallest absolute Gasteiger partial charge is 0.320 e. The van der Waals surface area contributed by atoms with Crippen LogP contribution in [0.3, 0.4) is 0 Å². The summed E-state index contributed by atoms with van der Waals surface area (Å²) in [6.07, 6.45) is 3.27. The first kappa shape index (κ1) is 14.0. The van der Waals surface area contributed by atoms with E-state index < -0.39 is 12.0 Å². The van der Waals surface area contributed by atoms with Crippen LogP contribution in [0.5, 0.6) is 0 Å². The number of benzene rings is 1. The Bertz CT molecular complexity index is 607. The Morgan fingerprint density at radius 1 is 1.30 bits per heavy atom. The highest BCUT2D eigenvalue weighted by Gasteiger charge is 2.15. The number of nitrogens with two attached hydrogens (primary N) is 1.